The number of hydrogen-bond acceptors (Lipinski definition) is 10. The lowest BCUT2D eigenvalue weighted by molar-refractivity contribution is -0.148. The summed E-state index contributed by atoms with van der Waals surface area (Å²) in [6.07, 6.45) is 1.24. The topological polar surface area (TPSA) is 162 Å². The van der Waals surface area contributed by atoms with E-state index < -0.39 is 11.9 Å². The van der Waals surface area contributed by atoms with E-state index in [1.165, 1.54) is 5.56 Å². The lowest BCUT2D eigenvalue weighted by atomic mass is 9.91. The molecule has 5 aromatic rings. The molecule has 12 nitrogen and oxygen atoms in total. The molecule has 2 N–H and O–H groups in total. The number of nitrogens with zero attached hydrogens (tertiary/aromatic N) is 5. The summed E-state index contributed by atoms with van der Waals surface area (Å²) < 4.78 is 18.3. The number of aromatic nitrogens is 2. The van der Waals surface area contributed by atoms with Crippen molar-refractivity contribution in [2.24, 2.45) is 11.8 Å². The predicted molar refractivity (Wildman–Crippen MR) is 195 cm³/mol. The summed E-state index contributed by atoms with van der Waals surface area (Å²) in [6.45, 7) is 4.94. The summed E-state index contributed by atoms with van der Waals surface area (Å²) in [5.41, 5.74) is 9.19. The highest BCUT2D eigenvalue weighted by atomic mass is 35.5. The first kappa shape index (κ1) is 34.6. The fraction of sp³-hybridized carbons (Fsp3) is 0.325. The first-order valence-corrected chi connectivity index (χ1v) is 17.8. The fourth-order valence-corrected chi connectivity index (χ4v) is 7.96. The van der Waals surface area contributed by atoms with Gasteiger partial charge in [-0.15, -0.1) is 0 Å². The van der Waals surface area contributed by atoms with Crippen LogP contribution in [0.5, 0.6) is 11.8 Å². The highest BCUT2D eigenvalue weighted by Gasteiger charge is 2.34. The van der Waals surface area contributed by atoms with E-state index in [4.69, 9.17) is 30.5 Å². The number of hydrogen-bond donors (Lipinski definition) is 2. The summed E-state index contributed by atoms with van der Waals surface area (Å²) >= 11 is 6.71. The van der Waals surface area contributed by atoms with Crippen LogP contribution >= 0.6 is 11.6 Å². The Bertz CT molecular complexity index is 2320. The Morgan fingerprint density at radius 1 is 0.943 bits per heavy atom. The van der Waals surface area contributed by atoms with Gasteiger partial charge in [0.05, 0.1) is 24.5 Å². The minimum Gasteiger partial charge on any atom is -0.481 e. The average Bonchev–Trinajstić information content (AvgIpc) is 3.72. The number of oxazole rings is 1. The maximum atomic E-state index is 11.2. The van der Waals surface area contributed by atoms with Crippen LogP contribution in [-0.4, -0.2) is 75.2 Å². The van der Waals surface area contributed by atoms with Crippen molar-refractivity contribution in [1.29, 1.82) is 5.26 Å². The van der Waals surface area contributed by atoms with E-state index in [0.29, 0.717) is 72.7 Å². The van der Waals surface area contributed by atoms with Crippen LogP contribution in [-0.2, 0) is 29.1 Å². The first-order valence-electron chi connectivity index (χ1n) is 17.5. The largest absolute Gasteiger partial charge is 0.481 e. The normalized spacial score (nSPS) is 17.6. The molecule has 1 atom stereocenters. The van der Waals surface area contributed by atoms with Gasteiger partial charge >= 0.3 is 11.9 Å². The van der Waals surface area contributed by atoms with Gasteiger partial charge in [-0.05, 0) is 77.4 Å². The first-order chi connectivity index (χ1) is 25.6. The van der Waals surface area contributed by atoms with Crippen molar-refractivity contribution < 1.29 is 33.7 Å². The molecule has 2 aliphatic heterocycles. The number of fused-ring (bicyclic) bond motifs is 2. The second-order valence-electron chi connectivity index (χ2n) is 14.0. The monoisotopic (exact) mass is 733 g/mol. The van der Waals surface area contributed by atoms with Gasteiger partial charge in [-0.2, -0.15) is 10.2 Å². The summed E-state index contributed by atoms with van der Waals surface area (Å²) in [6, 6.07) is 20.0. The van der Waals surface area contributed by atoms with E-state index in [9.17, 15) is 25.1 Å². The summed E-state index contributed by atoms with van der Waals surface area (Å²) in [5.74, 6) is -1.20. The molecule has 4 heterocycles. The molecule has 53 heavy (non-hydrogen) atoms. The fourth-order valence-electron chi connectivity index (χ4n) is 7.74. The van der Waals surface area contributed by atoms with E-state index in [1.807, 2.05) is 41.0 Å². The molecule has 13 heteroatoms. The standard InChI is InChI=1S/C40H36ClN5O7/c1-21-27(5-3-6-28(21)37-43-33-12-22(11-23(14-42)35(33)53-37)15-45-17-25(18-45)39(47)48)29-7-4-8-31-30(29)9-10-34(31)52-38-32(41)13-24(36(44-38)51-2)16-46-19-26(20-46)40(49)50/h3-8,11-13,25-26,34H,9-10,15-20H2,1-2H3,(H,47,48)(H,49,50)/t34-/m0/s1. The zero-order valence-electron chi connectivity index (χ0n) is 29.1. The molecule has 3 aliphatic rings. The van der Waals surface area contributed by atoms with Crippen LogP contribution in [0.3, 0.4) is 0 Å². The van der Waals surface area contributed by atoms with Crippen LogP contribution in [0.1, 0.15) is 45.9 Å². The number of rotatable bonds is 11. The van der Waals surface area contributed by atoms with Gasteiger partial charge < -0.3 is 24.1 Å². The lowest BCUT2D eigenvalue weighted by Gasteiger charge is -2.36. The number of pyridine rings is 1. The van der Waals surface area contributed by atoms with Crippen LogP contribution in [0.25, 0.3) is 33.7 Å². The molecule has 8 rings (SSSR count). The van der Waals surface area contributed by atoms with Crippen molar-refractivity contribution >= 4 is 34.6 Å². The molecular formula is C40H36ClN5O7. The molecule has 2 fully saturated rings. The van der Waals surface area contributed by atoms with Gasteiger partial charge in [0, 0.05) is 50.4 Å². The molecule has 2 aromatic heterocycles. The Labute approximate surface area is 310 Å². The Hall–Kier alpha value is -5.48. The van der Waals surface area contributed by atoms with Crippen molar-refractivity contribution in [1.82, 2.24) is 19.8 Å². The molecular weight excluding hydrogens is 698 g/mol. The number of halogens is 1. The average molecular weight is 734 g/mol. The molecule has 3 aromatic carbocycles. The number of methoxy groups -OCH3 is 1. The molecule has 0 saturated carbocycles. The second kappa shape index (κ2) is 13.8. The molecule has 0 unspecified atom stereocenters. The molecule has 2 saturated heterocycles. The zero-order valence-corrected chi connectivity index (χ0v) is 29.9. The minimum absolute atomic E-state index is 0.275. The molecule has 0 bridgehead atoms. The van der Waals surface area contributed by atoms with Crippen LogP contribution in [0.2, 0.25) is 5.02 Å². The third kappa shape index (κ3) is 6.45. The van der Waals surface area contributed by atoms with E-state index in [-0.39, 0.29) is 23.8 Å². The third-order valence-electron chi connectivity index (χ3n) is 10.6. The number of ether oxygens (including phenoxy) is 2. The van der Waals surface area contributed by atoms with E-state index in [2.05, 4.69) is 29.3 Å². The van der Waals surface area contributed by atoms with Gasteiger partial charge in [-0.1, -0.05) is 41.9 Å². The summed E-state index contributed by atoms with van der Waals surface area (Å²) in [4.78, 5) is 36.0. The number of nitriles is 1. The highest BCUT2D eigenvalue weighted by Crippen LogP contribution is 2.44. The van der Waals surface area contributed by atoms with Crippen molar-refractivity contribution in [3.05, 3.63) is 93.0 Å². The Balaban J connectivity index is 1.04. The van der Waals surface area contributed by atoms with Crippen LogP contribution in [0, 0.1) is 30.1 Å². The quantitative estimate of drug-likeness (QED) is 0.152. The molecule has 0 spiro atoms. The number of carboxylic acid groups (broad SMARTS) is 2. The van der Waals surface area contributed by atoms with Gasteiger partial charge in [0.25, 0.3) is 0 Å². The summed E-state index contributed by atoms with van der Waals surface area (Å²) in [7, 11) is 1.54. The maximum Gasteiger partial charge on any atom is 0.309 e. The SMILES string of the molecule is COc1nc(O[C@H]2CCc3c(-c4cccc(-c5nc6cc(CN7CC(C(=O)O)C7)cc(C#N)c6o5)c4C)cccc32)c(Cl)cc1CN1CC(C(=O)O)C1. The van der Waals surface area contributed by atoms with Gasteiger partial charge in [0.2, 0.25) is 17.7 Å². The smallest absolute Gasteiger partial charge is 0.309 e. The maximum absolute atomic E-state index is 11.2. The number of aliphatic carboxylic acids is 2. The van der Waals surface area contributed by atoms with Crippen molar-refractivity contribution in [3.8, 4) is 40.4 Å². The van der Waals surface area contributed by atoms with Crippen molar-refractivity contribution in [3.63, 3.8) is 0 Å². The Kier molecular flexibility index (Phi) is 9.02. The van der Waals surface area contributed by atoms with Crippen molar-refractivity contribution in [2.75, 3.05) is 33.3 Å². The van der Waals surface area contributed by atoms with E-state index in [0.717, 1.165) is 51.8 Å². The number of carbonyl (C=O) groups is 2. The molecule has 0 radical (unpaired) electrons. The van der Waals surface area contributed by atoms with E-state index in [1.54, 1.807) is 19.2 Å². The minimum atomic E-state index is -0.789. The van der Waals surface area contributed by atoms with Crippen LogP contribution in [0.15, 0.2) is 59.0 Å². The zero-order chi connectivity index (χ0) is 37.0. The number of benzene rings is 3. The van der Waals surface area contributed by atoms with Gasteiger partial charge in [0.15, 0.2) is 5.58 Å². The Morgan fingerprint density at radius 3 is 2.32 bits per heavy atom. The molecule has 0 amide bonds. The number of carboxylic acids is 2. The van der Waals surface area contributed by atoms with Crippen LogP contribution in [0.4, 0.5) is 0 Å². The van der Waals surface area contributed by atoms with Gasteiger partial charge in [0.1, 0.15) is 22.7 Å². The number of likely N-dealkylation sites (tertiary alicyclic amines) is 2. The van der Waals surface area contributed by atoms with Gasteiger partial charge in [-0.25, -0.2) is 4.98 Å². The summed E-state index contributed by atoms with van der Waals surface area (Å²) in [5, 5.41) is 28.8. The lowest BCUT2D eigenvalue weighted by Crippen LogP contribution is -2.49. The van der Waals surface area contributed by atoms with Crippen LogP contribution < -0.4 is 9.47 Å². The predicted octanol–water partition coefficient (Wildman–Crippen LogP) is 6.50. The third-order valence-corrected chi connectivity index (χ3v) is 10.9. The second-order valence-corrected chi connectivity index (χ2v) is 14.4. The molecule has 1 aliphatic carbocycles. The van der Waals surface area contributed by atoms with Crippen molar-refractivity contribution in [2.45, 2.75) is 39.0 Å². The van der Waals surface area contributed by atoms with Gasteiger partial charge in [-0.3, -0.25) is 19.4 Å². The van der Waals surface area contributed by atoms with E-state index >= 15 is 0 Å². The molecule has 270 valence electrons. The highest BCUT2D eigenvalue weighted by molar-refractivity contribution is 6.31. The Morgan fingerprint density at radius 2 is 1.62 bits per heavy atom.